The van der Waals surface area contributed by atoms with Crippen LogP contribution in [0.15, 0.2) is 78.9 Å². The molecule has 8 nitrogen and oxygen atoms in total. The van der Waals surface area contributed by atoms with Gasteiger partial charge < -0.3 is 14.4 Å². The topological polar surface area (TPSA) is 68.5 Å². The highest BCUT2D eigenvalue weighted by Crippen LogP contribution is 2.30. The SMILES string of the molecule is COc1ccc(CCn2nnnc2[C@H](c2ccccc2)N2CCN(c3ccccc3)CC2)cc1OC. The lowest BCUT2D eigenvalue weighted by Crippen LogP contribution is -2.48. The number of nitrogens with zero attached hydrogens (tertiary/aromatic N) is 6. The van der Waals surface area contributed by atoms with Crippen LogP contribution in [-0.4, -0.2) is 65.5 Å². The van der Waals surface area contributed by atoms with Gasteiger partial charge >= 0.3 is 0 Å². The minimum atomic E-state index is -0.00970. The zero-order valence-corrected chi connectivity index (χ0v) is 20.8. The molecule has 0 radical (unpaired) electrons. The second kappa shape index (κ2) is 11.2. The smallest absolute Gasteiger partial charge is 0.173 e. The number of aryl methyl sites for hydroxylation is 2. The second-order valence-electron chi connectivity index (χ2n) is 8.87. The van der Waals surface area contributed by atoms with Gasteiger partial charge in [-0.15, -0.1) is 5.10 Å². The molecule has 1 aliphatic heterocycles. The monoisotopic (exact) mass is 484 g/mol. The standard InChI is InChI=1S/C28H32N6O2/c1-35-25-14-13-22(21-26(25)36-2)15-16-34-28(29-30-31-34)27(23-9-5-3-6-10-23)33-19-17-32(18-20-33)24-11-7-4-8-12-24/h3-14,21,27H,15-20H2,1-2H3/t27-/m0/s1. The third-order valence-electron chi connectivity index (χ3n) is 6.78. The Labute approximate surface area is 212 Å². The van der Waals surface area contributed by atoms with Crippen molar-refractivity contribution in [3.05, 3.63) is 95.8 Å². The maximum Gasteiger partial charge on any atom is 0.173 e. The van der Waals surface area contributed by atoms with Gasteiger partial charge in [-0.25, -0.2) is 4.68 Å². The van der Waals surface area contributed by atoms with Gasteiger partial charge in [0.05, 0.1) is 20.3 Å². The molecule has 2 heterocycles. The molecule has 0 aliphatic carbocycles. The van der Waals surface area contributed by atoms with Crippen molar-refractivity contribution in [3.8, 4) is 11.5 Å². The van der Waals surface area contributed by atoms with Gasteiger partial charge in [0.1, 0.15) is 0 Å². The average Bonchev–Trinajstić information content (AvgIpc) is 3.41. The lowest BCUT2D eigenvalue weighted by Gasteiger charge is -2.39. The maximum atomic E-state index is 5.47. The highest BCUT2D eigenvalue weighted by Gasteiger charge is 2.30. The highest BCUT2D eigenvalue weighted by molar-refractivity contribution is 5.46. The normalized spacial score (nSPS) is 15.0. The summed E-state index contributed by atoms with van der Waals surface area (Å²) in [6.45, 7) is 4.44. The van der Waals surface area contributed by atoms with Gasteiger partial charge in [-0.3, -0.25) is 4.90 Å². The Bertz CT molecular complexity index is 1240. The van der Waals surface area contributed by atoms with Crippen molar-refractivity contribution in [2.75, 3.05) is 45.3 Å². The largest absolute Gasteiger partial charge is 0.493 e. The van der Waals surface area contributed by atoms with Crippen molar-refractivity contribution < 1.29 is 9.47 Å². The third kappa shape index (κ3) is 5.18. The van der Waals surface area contributed by atoms with Crippen molar-refractivity contribution in [2.45, 2.75) is 19.0 Å². The molecule has 0 spiro atoms. The van der Waals surface area contributed by atoms with Crippen LogP contribution in [0.2, 0.25) is 0 Å². The van der Waals surface area contributed by atoms with Crippen molar-refractivity contribution in [3.63, 3.8) is 0 Å². The van der Waals surface area contributed by atoms with E-state index in [9.17, 15) is 0 Å². The van der Waals surface area contributed by atoms with Gasteiger partial charge in [0.15, 0.2) is 17.3 Å². The molecule has 0 N–H and O–H groups in total. The van der Waals surface area contributed by atoms with Gasteiger partial charge in [0, 0.05) is 38.4 Å². The number of ether oxygens (including phenoxy) is 2. The molecule has 0 bridgehead atoms. The first-order valence-electron chi connectivity index (χ1n) is 12.3. The first-order chi connectivity index (χ1) is 17.8. The Balaban J connectivity index is 1.35. The molecule has 3 aromatic carbocycles. The van der Waals surface area contributed by atoms with E-state index < -0.39 is 0 Å². The summed E-state index contributed by atoms with van der Waals surface area (Å²) in [7, 11) is 3.30. The van der Waals surface area contributed by atoms with Crippen LogP contribution in [0.5, 0.6) is 11.5 Å². The molecular weight excluding hydrogens is 452 g/mol. The molecule has 0 amide bonds. The molecule has 1 aromatic heterocycles. The van der Waals surface area contributed by atoms with Crippen LogP contribution in [0, 0.1) is 0 Å². The molecule has 8 heteroatoms. The van der Waals surface area contributed by atoms with Crippen LogP contribution >= 0.6 is 0 Å². The van der Waals surface area contributed by atoms with E-state index in [1.807, 2.05) is 22.9 Å². The summed E-state index contributed by atoms with van der Waals surface area (Å²) < 4.78 is 12.8. The van der Waals surface area contributed by atoms with E-state index in [2.05, 4.69) is 86.0 Å². The summed E-state index contributed by atoms with van der Waals surface area (Å²) in [5, 5.41) is 13.0. The number of benzene rings is 3. The van der Waals surface area contributed by atoms with Gasteiger partial charge in [0.2, 0.25) is 0 Å². The Morgan fingerprint density at radius 2 is 1.50 bits per heavy atom. The number of hydrogen-bond acceptors (Lipinski definition) is 7. The number of para-hydroxylation sites is 1. The molecule has 186 valence electrons. The number of piperazine rings is 1. The number of methoxy groups -OCH3 is 2. The highest BCUT2D eigenvalue weighted by atomic mass is 16.5. The van der Waals surface area contributed by atoms with Crippen LogP contribution in [0.3, 0.4) is 0 Å². The molecule has 1 saturated heterocycles. The predicted octanol–water partition coefficient (Wildman–Crippen LogP) is 3.84. The third-order valence-corrected chi connectivity index (χ3v) is 6.78. The van der Waals surface area contributed by atoms with E-state index in [0.717, 1.165) is 55.5 Å². The van der Waals surface area contributed by atoms with Crippen molar-refractivity contribution in [1.82, 2.24) is 25.1 Å². The summed E-state index contributed by atoms with van der Waals surface area (Å²) in [6, 6.07) is 27.2. The van der Waals surface area contributed by atoms with E-state index in [4.69, 9.17) is 9.47 Å². The first-order valence-corrected chi connectivity index (χ1v) is 12.3. The fourth-order valence-corrected chi connectivity index (χ4v) is 4.87. The molecule has 4 aromatic rings. The Morgan fingerprint density at radius 3 is 2.19 bits per heavy atom. The summed E-state index contributed by atoms with van der Waals surface area (Å²) in [4.78, 5) is 4.94. The molecule has 0 unspecified atom stereocenters. The number of aromatic nitrogens is 4. The lowest BCUT2D eigenvalue weighted by molar-refractivity contribution is 0.200. The molecule has 0 saturated carbocycles. The van der Waals surface area contributed by atoms with Gasteiger partial charge in [-0.05, 0) is 52.2 Å². The minimum absolute atomic E-state index is 0.00970. The molecular formula is C28H32N6O2. The van der Waals surface area contributed by atoms with Crippen LogP contribution < -0.4 is 14.4 Å². The Hall–Kier alpha value is -3.91. The van der Waals surface area contributed by atoms with Gasteiger partial charge in [0.25, 0.3) is 0 Å². The number of anilines is 1. The van der Waals surface area contributed by atoms with E-state index in [0.29, 0.717) is 6.54 Å². The number of tetrazole rings is 1. The summed E-state index contributed by atoms with van der Waals surface area (Å²) in [6.07, 6.45) is 0.779. The Kier molecular flexibility index (Phi) is 7.42. The van der Waals surface area contributed by atoms with Gasteiger partial charge in [-0.2, -0.15) is 0 Å². The number of hydrogen-bond donors (Lipinski definition) is 0. The second-order valence-corrected chi connectivity index (χ2v) is 8.87. The minimum Gasteiger partial charge on any atom is -0.493 e. The lowest BCUT2D eigenvalue weighted by atomic mass is 10.0. The fourth-order valence-electron chi connectivity index (χ4n) is 4.87. The van der Waals surface area contributed by atoms with E-state index in [1.54, 1.807) is 14.2 Å². The van der Waals surface area contributed by atoms with Crippen LogP contribution in [0.4, 0.5) is 5.69 Å². The maximum absolute atomic E-state index is 5.47. The molecule has 1 aliphatic rings. The van der Waals surface area contributed by atoms with Crippen molar-refractivity contribution >= 4 is 5.69 Å². The van der Waals surface area contributed by atoms with E-state index in [-0.39, 0.29) is 6.04 Å². The van der Waals surface area contributed by atoms with E-state index >= 15 is 0 Å². The molecule has 1 fully saturated rings. The average molecular weight is 485 g/mol. The zero-order chi connectivity index (χ0) is 24.7. The van der Waals surface area contributed by atoms with Crippen molar-refractivity contribution in [2.24, 2.45) is 0 Å². The van der Waals surface area contributed by atoms with Crippen molar-refractivity contribution in [1.29, 1.82) is 0 Å². The summed E-state index contributed by atoms with van der Waals surface area (Å²) >= 11 is 0. The Morgan fingerprint density at radius 1 is 0.806 bits per heavy atom. The van der Waals surface area contributed by atoms with E-state index in [1.165, 1.54) is 11.3 Å². The quantitative estimate of drug-likeness (QED) is 0.358. The molecule has 5 rings (SSSR count). The van der Waals surface area contributed by atoms with Crippen LogP contribution in [-0.2, 0) is 13.0 Å². The van der Waals surface area contributed by atoms with Gasteiger partial charge in [-0.1, -0.05) is 54.6 Å². The number of rotatable bonds is 9. The molecule has 36 heavy (non-hydrogen) atoms. The summed E-state index contributed by atoms with van der Waals surface area (Å²) in [5.41, 5.74) is 3.61. The first kappa shape index (κ1) is 23.8. The summed E-state index contributed by atoms with van der Waals surface area (Å²) in [5.74, 6) is 2.32. The molecule has 1 atom stereocenters. The fraction of sp³-hybridized carbons (Fsp3) is 0.321. The predicted molar refractivity (Wildman–Crippen MR) is 140 cm³/mol. The zero-order valence-electron chi connectivity index (χ0n) is 20.8. The van der Waals surface area contributed by atoms with Crippen LogP contribution in [0.1, 0.15) is 23.0 Å². The van der Waals surface area contributed by atoms with Crippen LogP contribution in [0.25, 0.3) is 0 Å².